The van der Waals surface area contributed by atoms with Crippen LogP contribution in [0.25, 0.3) is 11.1 Å². The number of anilines is 1. The monoisotopic (exact) mass is 560 g/mol. The Kier molecular flexibility index (Phi) is 9.44. The Balaban J connectivity index is 1.39. The van der Waals surface area contributed by atoms with Gasteiger partial charge in [-0.05, 0) is 42.2 Å². The number of ether oxygens (including phenoxy) is 4. The fourth-order valence-electron chi connectivity index (χ4n) is 5.17. The summed E-state index contributed by atoms with van der Waals surface area (Å²) in [6.45, 7) is 1.78. The molecule has 41 heavy (non-hydrogen) atoms. The van der Waals surface area contributed by atoms with Crippen LogP contribution in [0.5, 0.6) is 11.8 Å². The van der Waals surface area contributed by atoms with Crippen LogP contribution in [0, 0.1) is 17.6 Å². The maximum atomic E-state index is 15.7. The minimum absolute atomic E-state index is 0.0935. The first-order valence-corrected chi connectivity index (χ1v) is 13.7. The molecule has 5 rings (SSSR count). The van der Waals surface area contributed by atoms with Gasteiger partial charge in [-0.3, -0.25) is 0 Å². The first kappa shape index (κ1) is 28.5. The first-order chi connectivity index (χ1) is 20.1. The molecule has 0 spiro atoms. The molecule has 3 aromatic carbocycles. The number of methoxy groups -OCH3 is 2. The maximum absolute atomic E-state index is 15.7. The molecule has 0 bridgehead atoms. The summed E-state index contributed by atoms with van der Waals surface area (Å²) in [6.07, 6.45) is 1.31. The lowest BCUT2D eigenvalue weighted by Gasteiger charge is -2.36. The summed E-state index contributed by atoms with van der Waals surface area (Å²) in [6, 6.07) is 25.2. The number of aromatic nitrogens is 1. The predicted molar refractivity (Wildman–Crippen MR) is 154 cm³/mol. The molecule has 8 heteroatoms. The Bertz CT molecular complexity index is 1390. The predicted octanol–water partition coefficient (Wildman–Crippen LogP) is 7.02. The third kappa shape index (κ3) is 7.01. The summed E-state index contributed by atoms with van der Waals surface area (Å²) in [7, 11) is 3.25. The standard InChI is InChI=1S/C33H34F2N2O4/c1-38-33(39-2)25-15-17-37(18-16-25)26-19-28(34)31(29(35)20-26)27-13-14-30(40-21-23-9-5-3-6-10-23)36-32(27)41-22-24-11-7-4-8-12-24/h3-14,19-20,25,33H,15-18,21-22H2,1-2H3. The Hall–Kier alpha value is -4.01. The van der Waals surface area contributed by atoms with Crippen LogP contribution in [0.2, 0.25) is 0 Å². The summed E-state index contributed by atoms with van der Waals surface area (Å²) in [5.41, 5.74) is 2.40. The first-order valence-electron chi connectivity index (χ1n) is 13.7. The van der Waals surface area contributed by atoms with Crippen molar-refractivity contribution in [2.24, 2.45) is 5.92 Å². The van der Waals surface area contributed by atoms with Crippen LogP contribution in [0.15, 0.2) is 84.9 Å². The van der Waals surface area contributed by atoms with E-state index >= 15 is 8.78 Å². The average Bonchev–Trinajstić information content (AvgIpc) is 3.01. The van der Waals surface area contributed by atoms with Gasteiger partial charge in [0.2, 0.25) is 11.8 Å². The van der Waals surface area contributed by atoms with Gasteiger partial charge in [-0.2, -0.15) is 4.98 Å². The van der Waals surface area contributed by atoms with Gasteiger partial charge in [-0.25, -0.2) is 8.78 Å². The molecule has 0 amide bonds. The molecule has 1 aromatic heterocycles. The van der Waals surface area contributed by atoms with E-state index in [-0.39, 0.29) is 35.8 Å². The third-order valence-corrected chi connectivity index (χ3v) is 7.33. The van der Waals surface area contributed by atoms with E-state index in [1.54, 1.807) is 26.4 Å². The van der Waals surface area contributed by atoms with Crippen molar-refractivity contribution < 1.29 is 27.7 Å². The van der Waals surface area contributed by atoms with Crippen molar-refractivity contribution in [3.63, 3.8) is 0 Å². The zero-order valence-electron chi connectivity index (χ0n) is 23.3. The van der Waals surface area contributed by atoms with Crippen molar-refractivity contribution in [1.29, 1.82) is 0 Å². The minimum Gasteiger partial charge on any atom is -0.473 e. The van der Waals surface area contributed by atoms with Crippen molar-refractivity contribution in [3.8, 4) is 22.9 Å². The highest BCUT2D eigenvalue weighted by Gasteiger charge is 2.28. The molecule has 4 aromatic rings. The molecular formula is C33H34F2N2O4. The van der Waals surface area contributed by atoms with E-state index in [0.29, 0.717) is 31.3 Å². The zero-order chi connectivity index (χ0) is 28.6. The van der Waals surface area contributed by atoms with E-state index in [1.807, 2.05) is 65.6 Å². The smallest absolute Gasteiger partial charge is 0.225 e. The van der Waals surface area contributed by atoms with E-state index in [2.05, 4.69) is 4.98 Å². The van der Waals surface area contributed by atoms with Crippen LogP contribution in [0.3, 0.4) is 0 Å². The normalized spacial score (nSPS) is 13.9. The highest BCUT2D eigenvalue weighted by Crippen LogP contribution is 2.37. The van der Waals surface area contributed by atoms with Crippen molar-refractivity contribution in [3.05, 3.63) is 108 Å². The van der Waals surface area contributed by atoms with Gasteiger partial charge in [0.15, 0.2) is 6.29 Å². The molecule has 1 aliphatic rings. The van der Waals surface area contributed by atoms with Gasteiger partial charge in [0.1, 0.15) is 24.8 Å². The van der Waals surface area contributed by atoms with Crippen LogP contribution in [-0.4, -0.2) is 38.6 Å². The van der Waals surface area contributed by atoms with Crippen molar-refractivity contribution >= 4 is 5.69 Å². The second kappa shape index (κ2) is 13.6. The van der Waals surface area contributed by atoms with Crippen LogP contribution >= 0.6 is 0 Å². The van der Waals surface area contributed by atoms with Gasteiger partial charge in [-0.1, -0.05) is 60.7 Å². The third-order valence-electron chi connectivity index (χ3n) is 7.33. The number of pyridine rings is 1. The fraction of sp³-hybridized carbons (Fsp3) is 0.303. The largest absolute Gasteiger partial charge is 0.473 e. The summed E-state index contributed by atoms with van der Waals surface area (Å²) in [5, 5.41) is 0. The van der Waals surface area contributed by atoms with Crippen molar-refractivity contribution in [2.75, 3.05) is 32.2 Å². The van der Waals surface area contributed by atoms with E-state index in [9.17, 15) is 0 Å². The molecule has 6 nitrogen and oxygen atoms in total. The molecule has 1 fully saturated rings. The Morgan fingerprint density at radius 3 is 1.90 bits per heavy atom. The molecule has 0 radical (unpaired) electrons. The van der Waals surface area contributed by atoms with Gasteiger partial charge in [-0.15, -0.1) is 0 Å². The second-order valence-electron chi connectivity index (χ2n) is 10.00. The second-order valence-corrected chi connectivity index (χ2v) is 10.00. The van der Waals surface area contributed by atoms with Crippen LogP contribution < -0.4 is 14.4 Å². The zero-order valence-corrected chi connectivity index (χ0v) is 23.3. The van der Waals surface area contributed by atoms with E-state index in [1.165, 1.54) is 12.1 Å². The lowest BCUT2D eigenvalue weighted by atomic mass is 9.95. The molecule has 0 unspecified atom stereocenters. The Labute approximate surface area is 239 Å². The molecular weight excluding hydrogens is 526 g/mol. The molecule has 214 valence electrons. The number of piperidine rings is 1. The fourth-order valence-corrected chi connectivity index (χ4v) is 5.17. The molecule has 1 saturated heterocycles. The lowest BCUT2D eigenvalue weighted by molar-refractivity contribution is -0.141. The molecule has 2 heterocycles. The molecule has 0 aliphatic carbocycles. The van der Waals surface area contributed by atoms with Gasteiger partial charge in [0, 0.05) is 45.0 Å². The maximum Gasteiger partial charge on any atom is 0.225 e. The van der Waals surface area contributed by atoms with Crippen LogP contribution in [-0.2, 0) is 22.7 Å². The average molecular weight is 561 g/mol. The number of benzene rings is 3. The quantitative estimate of drug-likeness (QED) is 0.184. The van der Waals surface area contributed by atoms with E-state index < -0.39 is 11.6 Å². The summed E-state index contributed by atoms with van der Waals surface area (Å²) >= 11 is 0. The lowest BCUT2D eigenvalue weighted by Crippen LogP contribution is -2.39. The number of hydrogen-bond donors (Lipinski definition) is 0. The topological polar surface area (TPSA) is 53.1 Å². The van der Waals surface area contributed by atoms with Gasteiger partial charge in [0.25, 0.3) is 0 Å². The molecule has 0 N–H and O–H groups in total. The van der Waals surface area contributed by atoms with Gasteiger partial charge in [0.05, 0.1) is 11.1 Å². The minimum atomic E-state index is -0.682. The van der Waals surface area contributed by atoms with Crippen molar-refractivity contribution in [1.82, 2.24) is 4.98 Å². The number of hydrogen-bond acceptors (Lipinski definition) is 6. The highest BCUT2D eigenvalue weighted by atomic mass is 19.1. The van der Waals surface area contributed by atoms with Gasteiger partial charge < -0.3 is 23.8 Å². The van der Waals surface area contributed by atoms with Crippen LogP contribution in [0.4, 0.5) is 14.5 Å². The van der Waals surface area contributed by atoms with E-state index in [4.69, 9.17) is 18.9 Å². The Morgan fingerprint density at radius 2 is 1.34 bits per heavy atom. The summed E-state index contributed by atoms with van der Waals surface area (Å²) in [4.78, 5) is 6.49. The molecule has 0 atom stereocenters. The number of nitrogens with zero attached hydrogens (tertiary/aromatic N) is 2. The number of halogens is 2. The summed E-state index contributed by atoms with van der Waals surface area (Å²) in [5.74, 6) is -0.744. The summed E-state index contributed by atoms with van der Waals surface area (Å²) < 4.78 is 54.0. The molecule has 0 saturated carbocycles. The van der Waals surface area contributed by atoms with Crippen LogP contribution in [0.1, 0.15) is 24.0 Å². The van der Waals surface area contributed by atoms with Gasteiger partial charge >= 0.3 is 0 Å². The van der Waals surface area contributed by atoms with Crippen molar-refractivity contribution in [2.45, 2.75) is 32.3 Å². The highest BCUT2D eigenvalue weighted by molar-refractivity contribution is 5.72. The number of rotatable bonds is 11. The Morgan fingerprint density at radius 1 is 0.780 bits per heavy atom. The SMILES string of the molecule is COC(OC)C1CCN(c2cc(F)c(-c3ccc(OCc4ccccc4)nc3OCc3ccccc3)c(F)c2)CC1. The molecule has 1 aliphatic heterocycles. The van der Waals surface area contributed by atoms with E-state index in [0.717, 1.165) is 24.0 Å².